The summed E-state index contributed by atoms with van der Waals surface area (Å²) in [6, 6.07) is 6.32. The third-order valence-electron chi connectivity index (χ3n) is 3.75. The van der Waals surface area contributed by atoms with E-state index in [0.717, 1.165) is 19.6 Å². The van der Waals surface area contributed by atoms with Gasteiger partial charge in [0.1, 0.15) is 0 Å². The third kappa shape index (κ3) is 5.19. The molecule has 1 amide bonds. The second kappa shape index (κ2) is 7.78. The molecule has 0 saturated carbocycles. The molecule has 2 rings (SSSR count). The van der Waals surface area contributed by atoms with Gasteiger partial charge in [-0.1, -0.05) is 18.9 Å². The lowest BCUT2D eigenvalue weighted by atomic mass is 10.2. The van der Waals surface area contributed by atoms with Gasteiger partial charge in [-0.15, -0.1) is 0 Å². The Labute approximate surface area is 125 Å². The highest BCUT2D eigenvalue weighted by Gasteiger charge is 2.11. The number of hydrogen-bond acceptors (Lipinski definition) is 3. The van der Waals surface area contributed by atoms with Gasteiger partial charge in [-0.3, -0.25) is 4.79 Å². The fourth-order valence-electron chi connectivity index (χ4n) is 2.57. The van der Waals surface area contributed by atoms with Gasteiger partial charge in [0.15, 0.2) is 0 Å². The number of aromatic carboxylic acids is 1. The second-order valence-electron chi connectivity index (χ2n) is 5.44. The summed E-state index contributed by atoms with van der Waals surface area (Å²) in [4.78, 5) is 25.2. The van der Waals surface area contributed by atoms with Crippen LogP contribution >= 0.6 is 0 Å². The minimum absolute atomic E-state index is 0.0678. The zero-order valence-electron chi connectivity index (χ0n) is 12.2. The summed E-state index contributed by atoms with van der Waals surface area (Å²) in [5.74, 6) is -1.06. The van der Waals surface area contributed by atoms with Gasteiger partial charge in [0.2, 0.25) is 5.91 Å². The molecule has 0 unspecified atom stereocenters. The van der Waals surface area contributed by atoms with E-state index in [-0.39, 0.29) is 11.5 Å². The fraction of sp³-hybridized carbons (Fsp3) is 0.500. The van der Waals surface area contributed by atoms with Crippen LogP contribution < -0.4 is 5.32 Å². The molecule has 0 bridgehead atoms. The average molecular weight is 290 g/mol. The number of hydrogen-bond donors (Lipinski definition) is 2. The first kappa shape index (κ1) is 15.5. The van der Waals surface area contributed by atoms with Crippen molar-refractivity contribution in [2.75, 3.05) is 25.0 Å². The molecule has 5 nitrogen and oxygen atoms in total. The quantitative estimate of drug-likeness (QED) is 0.874. The lowest BCUT2D eigenvalue weighted by molar-refractivity contribution is -0.116. The molecule has 1 heterocycles. The van der Waals surface area contributed by atoms with Gasteiger partial charge in [0.05, 0.1) is 5.56 Å². The summed E-state index contributed by atoms with van der Waals surface area (Å²) in [5, 5.41) is 11.7. The van der Waals surface area contributed by atoms with Crippen LogP contribution in [0.25, 0.3) is 0 Å². The molecule has 21 heavy (non-hydrogen) atoms. The van der Waals surface area contributed by atoms with E-state index in [9.17, 15) is 9.59 Å². The molecule has 0 aliphatic carbocycles. The maximum atomic E-state index is 11.9. The fourth-order valence-corrected chi connectivity index (χ4v) is 2.57. The molecule has 1 fully saturated rings. The van der Waals surface area contributed by atoms with Crippen LogP contribution in [0.1, 0.15) is 42.5 Å². The summed E-state index contributed by atoms with van der Waals surface area (Å²) in [6.45, 7) is 2.91. The van der Waals surface area contributed by atoms with Crippen LogP contribution in [-0.2, 0) is 4.79 Å². The van der Waals surface area contributed by atoms with E-state index >= 15 is 0 Å². The maximum Gasteiger partial charge on any atom is 0.335 e. The van der Waals surface area contributed by atoms with Crippen LogP contribution in [0.4, 0.5) is 5.69 Å². The highest BCUT2D eigenvalue weighted by atomic mass is 16.4. The number of rotatable bonds is 5. The van der Waals surface area contributed by atoms with Crippen molar-refractivity contribution in [3.05, 3.63) is 29.8 Å². The Bertz CT molecular complexity index is 494. The lowest BCUT2D eigenvalue weighted by Gasteiger charge is -2.19. The van der Waals surface area contributed by atoms with Crippen molar-refractivity contribution in [2.45, 2.75) is 32.1 Å². The Morgan fingerprint density at radius 1 is 1.14 bits per heavy atom. The molecule has 0 spiro atoms. The molecule has 0 radical (unpaired) electrons. The average Bonchev–Trinajstić information content (AvgIpc) is 2.74. The first-order valence-electron chi connectivity index (χ1n) is 7.51. The van der Waals surface area contributed by atoms with Crippen molar-refractivity contribution in [3.63, 3.8) is 0 Å². The predicted molar refractivity (Wildman–Crippen MR) is 81.6 cm³/mol. The van der Waals surface area contributed by atoms with Crippen molar-refractivity contribution in [1.82, 2.24) is 4.90 Å². The largest absolute Gasteiger partial charge is 0.478 e. The normalized spacial score (nSPS) is 16.2. The number of nitrogens with one attached hydrogen (secondary N) is 1. The van der Waals surface area contributed by atoms with E-state index in [0.29, 0.717) is 12.1 Å². The van der Waals surface area contributed by atoms with Crippen molar-refractivity contribution < 1.29 is 14.7 Å². The van der Waals surface area contributed by atoms with Crippen molar-refractivity contribution in [1.29, 1.82) is 0 Å². The monoisotopic (exact) mass is 290 g/mol. The van der Waals surface area contributed by atoms with Crippen LogP contribution in [0.15, 0.2) is 24.3 Å². The number of carbonyl (C=O) groups is 2. The van der Waals surface area contributed by atoms with Crippen molar-refractivity contribution in [2.24, 2.45) is 0 Å². The summed E-state index contributed by atoms with van der Waals surface area (Å²) in [7, 11) is 0. The highest BCUT2D eigenvalue weighted by Crippen LogP contribution is 2.12. The van der Waals surface area contributed by atoms with Gasteiger partial charge in [-0.2, -0.15) is 0 Å². The number of carbonyl (C=O) groups excluding carboxylic acids is 1. The molecule has 0 atom stereocenters. The Morgan fingerprint density at radius 3 is 2.52 bits per heavy atom. The molecule has 1 aliphatic heterocycles. The third-order valence-corrected chi connectivity index (χ3v) is 3.75. The number of carboxylic acid groups (broad SMARTS) is 1. The number of benzene rings is 1. The van der Waals surface area contributed by atoms with Crippen LogP contribution in [0.3, 0.4) is 0 Å². The Morgan fingerprint density at radius 2 is 1.86 bits per heavy atom. The number of amides is 1. The van der Waals surface area contributed by atoms with Crippen molar-refractivity contribution >= 4 is 17.6 Å². The molecular weight excluding hydrogens is 268 g/mol. The van der Waals surface area contributed by atoms with E-state index < -0.39 is 5.97 Å². The van der Waals surface area contributed by atoms with Gasteiger partial charge in [-0.25, -0.2) is 4.79 Å². The van der Waals surface area contributed by atoms with E-state index in [1.807, 2.05) is 0 Å². The minimum Gasteiger partial charge on any atom is -0.478 e. The first-order chi connectivity index (χ1) is 10.1. The highest BCUT2D eigenvalue weighted by molar-refractivity contribution is 5.93. The van der Waals surface area contributed by atoms with Gasteiger partial charge in [0, 0.05) is 18.7 Å². The molecule has 0 aromatic heterocycles. The zero-order valence-corrected chi connectivity index (χ0v) is 12.2. The molecule has 5 heteroatoms. The standard InChI is InChI=1S/C16H22N2O3/c19-15(8-11-18-9-3-1-2-4-10-18)17-14-7-5-6-13(12-14)16(20)21/h5-7,12H,1-4,8-11H2,(H,17,19)(H,20,21). The van der Waals surface area contributed by atoms with E-state index in [4.69, 9.17) is 5.11 Å². The molecule has 2 N–H and O–H groups in total. The topological polar surface area (TPSA) is 69.6 Å². The summed E-state index contributed by atoms with van der Waals surface area (Å²) in [6.07, 6.45) is 5.43. The summed E-state index contributed by atoms with van der Waals surface area (Å²) < 4.78 is 0. The number of anilines is 1. The lowest BCUT2D eigenvalue weighted by Crippen LogP contribution is -2.28. The molecule has 1 aliphatic rings. The second-order valence-corrected chi connectivity index (χ2v) is 5.44. The number of likely N-dealkylation sites (tertiary alicyclic amines) is 1. The van der Waals surface area contributed by atoms with Gasteiger partial charge < -0.3 is 15.3 Å². The van der Waals surface area contributed by atoms with Gasteiger partial charge in [0.25, 0.3) is 0 Å². The Hall–Kier alpha value is -1.88. The number of nitrogens with zero attached hydrogens (tertiary/aromatic N) is 1. The Kier molecular flexibility index (Phi) is 5.75. The first-order valence-corrected chi connectivity index (χ1v) is 7.51. The van der Waals surface area contributed by atoms with E-state index in [1.165, 1.54) is 37.8 Å². The molecule has 114 valence electrons. The van der Waals surface area contributed by atoms with Gasteiger partial charge >= 0.3 is 5.97 Å². The minimum atomic E-state index is -0.990. The summed E-state index contributed by atoms with van der Waals surface area (Å²) in [5.41, 5.74) is 0.719. The van der Waals surface area contributed by atoms with Gasteiger partial charge in [-0.05, 0) is 44.1 Å². The molecule has 1 saturated heterocycles. The van der Waals surface area contributed by atoms with Crippen LogP contribution in [0.2, 0.25) is 0 Å². The molecular formula is C16H22N2O3. The Balaban J connectivity index is 1.81. The summed E-state index contributed by atoms with van der Waals surface area (Å²) >= 11 is 0. The smallest absolute Gasteiger partial charge is 0.335 e. The van der Waals surface area contributed by atoms with E-state index in [2.05, 4.69) is 10.2 Å². The zero-order chi connectivity index (χ0) is 15.1. The van der Waals surface area contributed by atoms with Crippen molar-refractivity contribution in [3.8, 4) is 0 Å². The van der Waals surface area contributed by atoms with Crippen LogP contribution in [0, 0.1) is 0 Å². The van der Waals surface area contributed by atoms with Crippen LogP contribution in [-0.4, -0.2) is 41.5 Å². The number of carboxylic acids is 1. The molecule has 1 aromatic rings. The van der Waals surface area contributed by atoms with Crippen LogP contribution in [0.5, 0.6) is 0 Å². The SMILES string of the molecule is O=C(CCN1CCCCCC1)Nc1cccc(C(=O)O)c1. The molecule has 1 aromatic carbocycles. The van der Waals surface area contributed by atoms with E-state index in [1.54, 1.807) is 12.1 Å². The predicted octanol–water partition coefficient (Wildman–Crippen LogP) is 2.59. The maximum absolute atomic E-state index is 11.9.